The Morgan fingerprint density at radius 1 is 1.30 bits per heavy atom. The molecule has 0 aliphatic carbocycles. The monoisotopic (exact) mass is 297 g/mol. The standard InChI is InChI=1S/C15H20ClNO3/c1-9(17-15(2,3)4)13(18)10-6-7-11(12(16)8-10)14(19)20-5/h6-9,17H,1-5H3. The van der Waals surface area contributed by atoms with E-state index in [0.717, 1.165) is 0 Å². The first-order chi connectivity index (χ1) is 9.15. The van der Waals surface area contributed by atoms with Gasteiger partial charge < -0.3 is 10.1 Å². The molecule has 5 heteroatoms. The highest BCUT2D eigenvalue weighted by Crippen LogP contribution is 2.20. The molecule has 0 saturated heterocycles. The van der Waals surface area contributed by atoms with Gasteiger partial charge in [-0.15, -0.1) is 0 Å². The molecule has 0 radical (unpaired) electrons. The first-order valence-electron chi connectivity index (χ1n) is 6.35. The van der Waals surface area contributed by atoms with E-state index in [1.807, 2.05) is 20.8 Å². The van der Waals surface area contributed by atoms with Crippen LogP contribution in [0.4, 0.5) is 0 Å². The average Bonchev–Trinajstić information content (AvgIpc) is 2.34. The number of halogens is 1. The number of carbonyl (C=O) groups excluding carboxylic acids is 2. The quantitative estimate of drug-likeness (QED) is 0.685. The van der Waals surface area contributed by atoms with Crippen LogP contribution >= 0.6 is 11.6 Å². The molecule has 0 aromatic heterocycles. The van der Waals surface area contributed by atoms with Gasteiger partial charge in [-0.25, -0.2) is 4.79 Å². The molecule has 0 spiro atoms. The molecule has 1 unspecified atom stereocenters. The number of Topliss-reactive ketones (excluding diaryl/α,β-unsaturated/α-hetero) is 1. The van der Waals surface area contributed by atoms with Crippen LogP contribution < -0.4 is 5.32 Å². The molecule has 20 heavy (non-hydrogen) atoms. The topological polar surface area (TPSA) is 55.4 Å². The van der Waals surface area contributed by atoms with Crippen molar-refractivity contribution >= 4 is 23.4 Å². The molecule has 0 fully saturated rings. The third-order valence-corrected chi connectivity index (χ3v) is 3.01. The number of benzene rings is 1. The molecular formula is C15H20ClNO3. The summed E-state index contributed by atoms with van der Waals surface area (Å²) in [4.78, 5) is 23.7. The Bertz CT molecular complexity index is 520. The lowest BCUT2D eigenvalue weighted by Gasteiger charge is -2.25. The number of hydrogen-bond acceptors (Lipinski definition) is 4. The SMILES string of the molecule is COC(=O)c1ccc(C(=O)C(C)NC(C)(C)C)cc1Cl. The van der Waals surface area contributed by atoms with E-state index >= 15 is 0 Å². The molecule has 0 aliphatic rings. The molecule has 1 atom stereocenters. The fourth-order valence-electron chi connectivity index (χ4n) is 1.91. The Morgan fingerprint density at radius 3 is 2.35 bits per heavy atom. The molecule has 0 bridgehead atoms. The van der Waals surface area contributed by atoms with Crippen LogP contribution in [0.1, 0.15) is 48.4 Å². The molecule has 0 aliphatic heterocycles. The second-order valence-electron chi connectivity index (χ2n) is 5.67. The van der Waals surface area contributed by atoms with Gasteiger partial charge in [0.2, 0.25) is 0 Å². The number of esters is 1. The van der Waals surface area contributed by atoms with E-state index in [1.54, 1.807) is 13.0 Å². The molecule has 0 heterocycles. The fourth-order valence-corrected chi connectivity index (χ4v) is 2.17. The number of ketones is 1. The minimum absolute atomic E-state index is 0.0711. The Hall–Kier alpha value is -1.39. The summed E-state index contributed by atoms with van der Waals surface area (Å²) in [5.74, 6) is -0.590. The summed E-state index contributed by atoms with van der Waals surface area (Å²) in [5.41, 5.74) is 0.555. The van der Waals surface area contributed by atoms with Crippen LogP contribution in [0.25, 0.3) is 0 Å². The predicted molar refractivity (Wildman–Crippen MR) is 79.5 cm³/mol. The summed E-state index contributed by atoms with van der Waals surface area (Å²) in [6, 6.07) is 4.25. The average molecular weight is 298 g/mol. The van der Waals surface area contributed by atoms with Gasteiger partial charge in [-0.1, -0.05) is 17.7 Å². The van der Waals surface area contributed by atoms with Crippen molar-refractivity contribution in [3.63, 3.8) is 0 Å². The lowest BCUT2D eigenvalue weighted by atomic mass is 10.0. The van der Waals surface area contributed by atoms with Gasteiger partial charge in [0.25, 0.3) is 0 Å². The van der Waals surface area contributed by atoms with Crippen molar-refractivity contribution in [2.24, 2.45) is 0 Å². The minimum atomic E-state index is -0.519. The van der Waals surface area contributed by atoms with E-state index in [4.69, 9.17) is 11.6 Å². The van der Waals surface area contributed by atoms with E-state index in [0.29, 0.717) is 5.56 Å². The van der Waals surface area contributed by atoms with Gasteiger partial charge in [-0.3, -0.25) is 4.79 Å². The fraction of sp³-hybridized carbons (Fsp3) is 0.467. The van der Waals surface area contributed by atoms with Crippen LogP contribution in [0, 0.1) is 0 Å². The summed E-state index contributed by atoms with van der Waals surface area (Å²) in [7, 11) is 1.28. The molecule has 4 nitrogen and oxygen atoms in total. The van der Waals surface area contributed by atoms with E-state index in [-0.39, 0.29) is 28.0 Å². The molecule has 1 aromatic carbocycles. The molecule has 1 N–H and O–H groups in total. The molecule has 0 saturated carbocycles. The number of nitrogens with one attached hydrogen (secondary N) is 1. The van der Waals surface area contributed by atoms with Crippen LogP contribution in [-0.2, 0) is 4.74 Å². The third kappa shape index (κ3) is 4.32. The number of rotatable bonds is 4. The number of ether oxygens (including phenoxy) is 1. The number of methoxy groups -OCH3 is 1. The highest BCUT2D eigenvalue weighted by molar-refractivity contribution is 6.34. The van der Waals surface area contributed by atoms with Crippen molar-refractivity contribution in [2.75, 3.05) is 7.11 Å². The number of hydrogen-bond donors (Lipinski definition) is 1. The Kier molecular flexibility index (Phi) is 5.31. The first-order valence-corrected chi connectivity index (χ1v) is 6.73. The molecule has 0 amide bonds. The molecule has 1 aromatic rings. The Balaban J connectivity index is 2.95. The lowest BCUT2D eigenvalue weighted by molar-refractivity contribution is 0.0600. The minimum Gasteiger partial charge on any atom is -0.465 e. The Morgan fingerprint density at radius 2 is 1.90 bits per heavy atom. The van der Waals surface area contributed by atoms with Crippen molar-refractivity contribution in [1.82, 2.24) is 5.32 Å². The van der Waals surface area contributed by atoms with Gasteiger partial charge in [-0.05, 0) is 39.8 Å². The Labute approximate surface area is 124 Å². The van der Waals surface area contributed by atoms with Crippen LogP contribution in [0.2, 0.25) is 5.02 Å². The van der Waals surface area contributed by atoms with Crippen LogP contribution in [0.5, 0.6) is 0 Å². The maximum Gasteiger partial charge on any atom is 0.339 e. The molecule has 110 valence electrons. The summed E-state index contributed by atoms with van der Waals surface area (Å²) in [5, 5.41) is 3.41. The van der Waals surface area contributed by atoms with E-state index in [2.05, 4.69) is 10.1 Å². The smallest absolute Gasteiger partial charge is 0.339 e. The maximum absolute atomic E-state index is 12.3. The predicted octanol–water partition coefficient (Wildman–Crippen LogP) is 3.09. The summed E-state index contributed by atoms with van der Waals surface area (Å²) >= 11 is 6.01. The zero-order valence-electron chi connectivity index (χ0n) is 12.4. The summed E-state index contributed by atoms with van der Waals surface area (Å²) in [6.45, 7) is 7.77. The normalized spacial score (nSPS) is 12.9. The second-order valence-corrected chi connectivity index (χ2v) is 6.07. The van der Waals surface area contributed by atoms with Gasteiger partial charge in [0.05, 0.1) is 23.7 Å². The highest BCUT2D eigenvalue weighted by Gasteiger charge is 2.22. The van der Waals surface area contributed by atoms with Crippen molar-refractivity contribution in [3.8, 4) is 0 Å². The van der Waals surface area contributed by atoms with Crippen molar-refractivity contribution in [2.45, 2.75) is 39.3 Å². The van der Waals surface area contributed by atoms with Gasteiger partial charge in [0.1, 0.15) is 0 Å². The molecular weight excluding hydrogens is 278 g/mol. The lowest BCUT2D eigenvalue weighted by Crippen LogP contribution is -2.46. The van der Waals surface area contributed by atoms with Gasteiger partial charge in [-0.2, -0.15) is 0 Å². The van der Waals surface area contributed by atoms with E-state index in [9.17, 15) is 9.59 Å². The van der Waals surface area contributed by atoms with E-state index < -0.39 is 5.97 Å². The highest BCUT2D eigenvalue weighted by atomic mass is 35.5. The van der Waals surface area contributed by atoms with Crippen molar-refractivity contribution in [3.05, 3.63) is 34.3 Å². The van der Waals surface area contributed by atoms with Crippen LogP contribution in [-0.4, -0.2) is 30.4 Å². The molecule has 1 rings (SSSR count). The largest absolute Gasteiger partial charge is 0.465 e. The van der Waals surface area contributed by atoms with Crippen LogP contribution in [0.15, 0.2) is 18.2 Å². The maximum atomic E-state index is 12.3. The number of carbonyl (C=O) groups is 2. The summed E-state index contributed by atoms with van der Waals surface area (Å²) in [6.07, 6.45) is 0. The third-order valence-electron chi connectivity index (χ3n) is 2.70. The zero-order chi connectivity index (χ0) is 15.5. The van der Waals surface area contributed by atoms with Crippen molar-refractivity contribution < 1.29 is 14.3 Å². The zero-order valence-corrected chi connectivity index (χ0v) is 13.2. The van der Waals surface area contributed by atoms with Gasteiger partial charge in [0, 0.05) is 11.1 Å². The summed E-state index contributed by atoms with van der Waals surface area (Å²) < 4.78 is 4.61. The van der Waals surface area contributed by atoms with Gasteiger partial charge in [0.15, 0.2) is 5.78 Å². The second kappa shape index (κ2) is 6.37. The van der Waals surface area contributed by atoms with Gasteiger partial charge >= 0.3 is 5.97 Å². The van der Waals surface area contributed by atoms with Crippen LogP contribution in [0.3, 0.4) is 0 Å². The van der Waals surface area contributed by atoms with E-state index in [1.165, 1.54) is 19.2 Å². The first kappa shape index (κ1) is 16.7. The van der Waals surface area contributed by atoms with Crippen molar-refractivity contribution in [1.29, 1.82) is 0 Å².